The summed E-state index contributed by atoms with van der Waals surface area (Å²) in [6.45, 7) is 2.15. The van der Waals surface area contributed by atoms with Gasteiger partial charge >= 0.3 is 5.19 Å². The summed E-state index contributed by atoms with van der Waals surface area (Å²) in [7, 11) is 0. The molecule has 67 valence electrons. The lowest BCUT2D eigenvalue weighted by atomic mass is 10.1. The second-order valence-corrected chi connectivity index (χ2v) is 4.03. The minimum Gasteiger partial charge on any atom is -0.255 e. The zero-order valence-corrected chi connectivity index (χ0v) is 8.23. The molecule has 0 bridgehead atoms. The van der Waals surface area contributed by atoms with E-state index in [0.29, 0.717) is 0 Å². The summed E-state index contributed by atoms with van der Waals surface area (Å²) < 4.78 is 1.01. The Morgan fingerprint density at radius 3 is 3.08 bits per heavy atom. The second-order valence-electron chi connectivity index (χ2n) is 3.03. The molecule has 0 unspecified atom stereocenters. The summed E-state index contributed by atoms with van der Waals surface area (Å²) >= 11 is 1.23. The smallest absolute Gasteiger partial charge is 0.255 e. The van der Waals surface area contributed by atoms with Crippen LogP contribution in [0, 0.1) is 0 Å². The highest BCUT2D eigenvalue weighted by Crippen LogP contribution is 2.27. The minimum atomic E-state index is -0.0938. The van der Waals surface area contributed by atoms with E-state index < -0.39 is 0 Å². The van der Waals surface area contributed by atoms with E-state index in [1.807, 2.05) is 12.1 Å². The quantitative estimate of drug-likeness (QED) is 0.717. The standard InChI is InChI=1S/C10H10NOS/c1-2-3-7-4-5-8-9(6-7)13-10(12)11-8/h4-6H,2-3H2,1H3. The van der Waals surface area contributed by atoms with Crippen LogP contribution in [-0.2, 0) is 11.5 Å². The van der Waals surface area contributed by atoms with Gasteiger partial charge < -0.3 is 0 Å². The lowest BCUT2D eigenvalue weighted by molar-refractivity contribution is 0.353. The van der Waals surface area contributed by atoms with Gasteiger partial charge in [0.1, 0.15) is 0 Å². The lowest BCUT2D eigenvalue weighted by Gasteiger charge is -1.96. The van der Waals surface area contributed by atoms with E-state index in [9.17, 15) is 5.11 Å². The molecule has 0 saturated heterocycles. The van der Waals surface area contributed by atoms with Crippen molar-refractivity contribution in [3.63, 3.8) is 0 Å². The fraction of sp³-hybridized carbons (Fsp3) is 0.300. The number of benzene rings is 1. The molecule has 0 atom stereocenters. The Morgan fingerprint density at radius 1 is 1.46 bits per heavy atom. The minimum absolute atomic E-state index is 0.0938. The summed E-state index contributed by atoms with van der Waals surface area (Å²) in [6.07, 6.45) is 2.20. The molecular weight excluding hydrogens is 182 g/mol. The maximum Gasteiger partial charge on any atom is 0.327 e. The Kier molecular flexibility index (Phi) is 2.19. The van der Waals surface area contributed by atoms with Crippen LogP contribution in [0.2, 0.25) is 0 Å². The van der Waals surface area contributed by atoms with Gasteiger partial charge in [0.15, 0.2) is 0 Å². The number of rotatable bonds is 2. The van der Waals surface area contributed by atoms with Crippen molar-refractivity contribution in [2.45, 2.75) is 19.8 Å². The molecule has 0 aliphatic carbocycles. The molecule has 0 fully saturated rings. The Morgan fingerprint density at radius 2 is 2.31 bits per heavy atom. The van der Waals surface area contributed by atoms with E-state index >= 15 is 0 Å². The van der Waals surface area contributed by atoms with Crippen LogP contribution >= 0.6 is 11.3 Å². The molecule has 1 aromatic heterocycles. The zero-order valence-electron chi connectivity index (χ0n) is 7.41. The van der Waals surface area contributed by atoms with Crippen molar-refractivity contribution >= 4 is 21.6 Å². The number of aromatic nitrogens is 1. The van der Waals surface area contributed by atoms with E-state index in [2.05, 4.69) is 18.0 Å². The fourth-order valence-electron chi connectivity index (χ4n) is 1.39. The average Bonchev–Trinajstić information content (AvgIpc) is 2.44. The monoisotopic (exact) mass is 192 g/mol. The van der Waals surface area contributed by atoms with Crippen molar-refractivity contribution in [1.29, 1.82) is 0 Å². The molecule has 2 aromatic rings. The zero-order chi connectivity index (χ0) is 9.26. The van der Waals surface area contributed by atoms with Crippen LogP contribution in [0.1, 0.15) is 18.9 Å². The van der Waals surface area contributed by atoms with Crippen LogP contribution in [0.4, 0.5) is 0 Å². The fourth-order valence-corrected chi connectivity index (χ4v) is 2.15. The van der Waals surface area contributed by atoms with Crippen molar-refractivity contribution in [2.24, 2.45) is 0 Å². The van der Waals surface area contributed by atoms with E-state index in [1.54, 1.807) is 0 Å². The SMILES string of the molecule is CCCc1ccc2nc([O])sc2c1. The topological polar surface area (TPSA) is 32.8 Å². The molecule has 2 nitrogen and oxygen atoms in total. The highest BCUT2D eigenvalue weighted by atomic mass is 32.1. The first kappa shape index (κ1) is 8.51. The normalized spacial score (nSPS) is 10.8. The van der Waals surface area contributed by atoms with Gasteiger partial charge in [0.2, 0.25) is 0 Å². The maximum absolute atomic E-state index is 11.0. The van der Waals surface area contributed by atoms with Crippen molar-refractivity contribution < 1.29 is 5.11 Å². The molecule has 0 spiro atoms. The molecule has 0 saturated carbocycles. The Balaban J connectivity index is 2.48. The number of thiazole rings is 1. The van der Waals surface area contributed by atoms with Crippen LogP contribution in [0.15, 0.2) is 18.2 Å². The van der Waals surface area contributed by atoms with Gasteiger partial charge in [-0.1, -0.05) is 30.7 Å². The van der Waals surface area contributed by atoms with E-state index in [1.165, 1.54) is 16.9 Å². The maximum atomic E-state index is 11.0. The molecule has 1 aromatic carbocycles. The van der Waals surface area contributed by atoms with E-state index in [0.717, 1.165) is 23.1 Å². The molecule has 2 rings (SSSR count). The van der Waals surface area contributed by atoms with Gasteiger partial charge in [0, 0.05) is 0 Å². The number of hydrogen-bond donors (Lipinski definition) is 0. The lowest BCUT2D eigenvalue weighted by Crippen LogP contribution is -1.80. The summed E-state index contributed by atoms with van der Waals surface area (Å²) in [6, 6.07) is 6.04. The molecule has 13 heavy (non-hydrogen) atoms. The van der Waals surface area contributed by atoms with Crippen molar-refractivity contribution in [3.05, 3.63) is 23.8 Å². The third-order valence-electron chi connectivity index (χ3n) is 1.97. The second kappa shape index (κ2) is 3.34. The van der Waals surface area contributed by atoms with Gasteiger partial charge in [0.05, 0.1) is 10.2 Å². The Bertz CT molecular complexity index is 422. The molecule has 0 N–H and O–H groups in total. The van der Waals surface area contributed by atoms with Crippen molar-refractivity contribution in [3.8, 4) is 5.19 Å². The third kappa shape index (κ3) is 1.65. The number of fused-ring (bicyclic) bond motifs is 1. The first-order chi connectivity index (χ1) is 6.29. The van der Waals surface area contributed by atoms with Gasteiger partial charge in [-0.05, 0) is 24.1 Å². The van der Waals surface area contributed by atoms with Crippen LogP contribution < -0.4 is 0 Å². The molecule has 0 aliphatic heterocycles. The van der Waals surface area contributed by atoms with Crippen LogP contribution in [0.3, 0.4) is 0 Å². The predicted molar refractivity (Wildman–Crippen MR) is 53.7 cm³/mol. The van der Waals surface area contributed by atoms with E-state index in [4.69, 9.17) is 0 Å². The van der Waals surface area contributed by atoms with Crippen LogP contribution in [0.25, 0.3) is 10.2 Å². The van der Waals surface area contributed by atoms with E-state index in [-0.39, 0.29) is 5.19 Å². The first-order valence-electron chi connectivity index (χ1n) is 4.36. The Labute approximate surface area is 80.9 Å². The summed E-state index contributed by atoms with van der Waals surface area (Å²) in [5.41, 5.74) is 2.12. The molecule has 1 radical (unpaired) electrons. The third-order valence-corrected chi connectivity index (χ3v) is 2.78. The van der Waals surface area contributed by atoms with Crippen LogP contribution in [0.5, 0.6) is 5.19 Å². The molecule has 1 heterocycles. The molecular formula is C10H10NOS. The van der Waals surface area contributed by atoms with Crippen molar-refractivity contribution in [2.75, 3.05) is 0 Å². The highest BCUT2D eigenvalue weighted by Gasteiger charge is 2.03. The number of aryl methyl sites for hydroxylation is 1. The molecule has 0 aliphatic rings. The number of hydrogen-bond acceptors (Lipinski definition) is 2. The van der Waals surface area contributed by atoms with Crippen LogP contribution in [-0.4, -0.2) is 4.98 Å². The molecule has 3 heteroatoms. The highest BCUT2D eigenvalue weighted by molar-refractivity contribution is 7.20. The number of nitrogens with zero attached hydrogens (tertiary/aromatic N) is 1. The largest absolute Gasteiger partial charge is 0.327 e. The Hall–Kier alpha value is -1.09. The van der Waals surface area contributed by atoms with Gasteiger partial charge in [0.25, 0.3) is 0 Å². The van der Waals surface area contributed by atoms with Gasteiger partial charge in [-0.15, -0.1) is 0 Å². The first-order valence-corrected chi connectivity index (χ1v) is 5.17. The summed E-state index contributed by atoms with van der Waals surface area (Å²) in [4.78, 5) is 3.88. The van der Waals surface area contributed by atoms with Gasteiger partial charge in [-0.2, -0.15) is 4.98 Å². The van der Waals surface area contributed by atoms with Crippen molar-refractivity contribution in [1.82, 2.24) is 4.98 Å². The molecule has 0 amide bonds. The summed E-state index contributed by atoms with van der Waals surface area (Å²) in [5.74, 6) is 0. The predicted octanol–water partition coefficient (Wildman–Crippen LogP) is 3.39. The average molecular weight is 192 g/mol. The van der Waals surface area contributed by atoms with Gasteiger partial charge in [-0.3, -0.25) is 5.11 Å². The van der Waals surface area contributed by atoms with Gasteiger partial charge in [-0.25, -0.2) is 0 Å². The summed E-state index contributed by atoms with van der Waals surface area (Å²) in [5, 5.41) is 10.9.